The lowest BCUT2D eigenvalue weighted by Crippen LogP contribution is -2.55. The molecule has 340 valence electrons. The number of para-hydroxylation sites is 1. The van der Waals surface area contributed by atoms with Gasteiger partial charge >= 0.3 is 0 Å². The number of aromatic amines is 2. The number of likely N-dealkylation sites (tertiary alicyclic amines) is 1. The molecule has 0 spiro atoms. The van der Waals surface area contributed by atoms with E-state index in [0.29, 0.717) is 89.5 Å². The van der Waals surface area contributed by atoms with Gasteiger partial charge in [0.2, 0.25) is 18.6 Å². The zero-order chi connectivity index (χ0) is 44.9. The number of hydrazone groups is 1. The van der Waals surface area contributed by atoms with Crippen molar-refractivity contribution >= 4 is 45.4 Å². The predicted molar refractivity (Wildman–Crippen MR) is 245 cm³/mol. The molecular formula is C50H52N8O8. The normalized spacial score (nSPS) is 20.0. The number of fused-ring (bicyclic) bond motifs is 4. The highest BCUT2D eigenvalue weighted by atomic mass is 16.7. The molecule has 3 fully saturated rings. The van der Waals surface area contributed by atoms with Gasteiger partial charge in [0, 0.05) is 60.2 Å². The topological polar surface area (TPSA) is 186 Å². The number of carbonyl (C=O) groups is 3. The minimum atomic E-state index is -0.917. The Morgan fingerprint density at radius 2 is 1.68 bits per heavy atom. The Morgan fingerprint density at radius 1 is 0.879 bits per heavy atom. The van der Waals surface area contributed by atoms with Gasteiger partial charge in [-0.3, -0.25) is 14.4 Å². The highest BCUT2D eigenvalue weighted by Crippen LogP contribution is 2.48. The van der Waals surface area contributed by atoms with Gasteiger partial charge in [0.1, 0.15) is 29.3 Å². The minimum absolute atomic E-state index is 0.0254. The maximum absolute atomic E-state index is 14.8. The Balaban J connectivity index is 0.860. The lowest BCUT2D eigenvalue weighted by molar-refractivity contribution is -0.143. The molecule has 3 aliphatic heterocycles. The van der Waals surface area contributed by atoms with E-state index < -0.39 is 11.9 Å². The zero-order valence-electron chi connectivity index (χ0n) is 37.0. The van der Waals surface area contributed by atoms with E-state index in [2.05, 4.69) is 25.3 Å². The standard InChI is InChI=1S/C50H52N8O8/c1-62-38-14-13-29(22-41(38)63-2)43-33-8-3-4-9-34(33)49(60)58(56-43)31-17-19-57(20-18-31)50(61)37(21-30-23-51-36-10-6-5-7-32(30)36)55-48(59)35-24-52-46-44(35)53-26-54-45(46)42-39(64-25-28-11-12-28)15-16-40-47(42)66-27-65-40/h5-7,10,13-16,22-24,26,28,31,33-34,37,51-52H,3-4,8-9,11-12,17-21,25,27H2,1-2H3,(H,55,59)/t33-,34+,37-/m0/s1. The van der Waals surface area contributed by atoms with Crippen LogP contribution in [0.3, 0.4) is 0 Å². The number of amides is 3. The fraction of sp³-hybridized carbons (Fsp3) is 0.400. The first kappa shape index (κ1) is 41.6. The molecule has 5 aliphatic rings. The summed E-state index contributed by atoms with van der Waals surface area (Å²) >= 11 is 0. The van der Waals surface area contributed by atoms with Gasteiger partial charge in [-0.05, 0) is 86.4 Å². The molecule has 3 atom stereocenters. The molecule has 66 heavy (non-hydrogen) atoms. The first-order chi connectivity index (χ1) is 32.4. The highest BCUT2D eigenvalue weighted by Gasteiger charge is 2.44. The molecule has 6 aromatic rings. The van der Waals surface area contributed by atoms with Crippen LogP contribution < -0.4 is 29.0 Å². The van der Waals surface area contributed by atoms with Crippen molar-refractivity contribution in [1.82, 2.24) is 35.2 Å². The van der Waals surface area contributed by atoms with Crippen LogP contribution >= 0.6 is 0 Å². The molecule has 0 unspecified atom stereocenters. The molecule has 1 saturated heterocycles. The number of nitrogens with zero attached hydrogens (tertiary/aromatic N) is 5. The van der Waals surface area contributed by atoms with Gasteiger partial charge in [0.15, 0.2) is 23.0 Å². The second-order valence-corrected chi connectivity index (χ2v) is 18.0. The number of hydrogen-bond donors (Lipinski definition) is 3. The van der Waals surface area contributed by atoms with Crippen LogP contribution in [-0.4, -0.2) is 106 Å². The summed E-state index contributed by atoms with van der Waals surface area (Å²) in [5.41, 5.74) is 5.96. The number of nitrogens with one attached hydrogen (secondary N) is 3. The van der Waals surface area contributed by atoms with Gasteiger partial charge in [-0.15, -0.1) is 0 Å². The number of aromatic nitrogens is 4. The maximum atomic E-state index is 14.8. The number of piperidine rings is 1. The summed E-state index contributed by atoms with van der Waals surface area (Å²) < 4.78 is 29.1. The summed E-state index contributed by atoms with van der Waals surface area (Å²) in [7, 11) is 3.23. The summed E-state index contributed by atoms with van der Waals surface area (Å²) in [6.07, 6.45) is 12.3. The number of methoxy groups -OCH3 is 2. The second kappa shape index (κ2) is 17.4. The predicted octanol–water partition coefficient (Wildman–Crippen LogP) is 7.03. The molecule has 16 nitrogen and oxygen atoms in total. The van der Waals surface area contributed by atoms with E-state index >= 15 is 0 Å². The first-order valence-electron chi connectivity index (χ1n) is 23.0. The van der Waals surface area contributed by atoms with Crippen molar-refractivity contribution in [2.24, 2.45) is 22.9 Å². The van der Waals surface area contributed by atoms with Gasteiger partial charge < -0.3 is 43.9 Å². The number of ether oxygens (including phenoxy) is 5. The third-order valence-electron chi connectivity index (χ3n) is 14.0. The fourth-order valence-electron chi connectivity index (χ4n) is 10.3. The Morgan fingerprint density at radius 3 is 2.50 bits per heavy atom. The van der Waals surface area contributed by atoms with E-state index in [0.717, 1.165) is 66.3 Å². The Labute approximate surface area is 381 Å². The van der Waals surface area contributed by atoms with Crippen LogP contribution in [0.4, 0.5) is 0 Å². The van der Waals surface area contributed by atoms with Crippen molar-refractivity contribution in [1.29, 1.82) is 0 Å². The van der Waals surface area contributed by atoms with Gasteiger partial charge in [-0.2, -0.15) is 5.10 Å². The zero-order valence-corrected chi connectivity index (χ0v) is 37.0. The van der Waals surface area contributed by atoms with Crippen LogP contribution in [0.15, 0.2) is 78.4 Å². The number of hydrogen-bond acceptors (Lipinski definition) is 11. The average molecular weight is 893 g/mol. The second-order valence-electron chi connectivity index (χ2n) is 18.0. The number of carbonyl (C=O) groups excluding carboxylic acids is 3. The van der Waals surface area contributed by atoms with Crippen LogP contribution in [0.5, 0.6) is 28.7 Å². The van der Waals surface area contributed by atoms with Crippen molar-refractivity contribution in [3.63, 3.8) is 0 Å². The van der Waals surface area contributed by atoms with Crippen LogP contribution in [0.25, 0.3) is 33.2 Å². The molecule has 3 aromatic heterocycles. The van der Waals surface area contributed by atoms with Crippen LogP contribution in [0.1, 0.15) is 72.9 Å². The molecule has 3 amide bonds. The smallest absolute Gasteiger partial charge is 0.255 e. The van der Waals surface area contributed by atoms with Crippen LogP contribution in [0, 0.1) is 17.8 Å². The lowest BCUT2D eigenvalue weighted by atomic mass is 9.73. The summed E-state index contributed by atoms with van der Waals surface area (Å²) in [4.78, 5) is 61.2. The summed E-state index contributed by atoms with van der Waals surface area (Å²) in [5, 5.41) is 10.9. The lowest BCUT2D eigenvalue weighted by Gasteiger charge is -2.43. The van der Waals surface area contributed by atoms with E-state index in [-0.39, 0.29) is 48.5 Å². The van der Waals surface area contributed by atoms with Gasteiger partial charge in [0.25, 0.3) is 5.91 Å². The monoisotopic (exact) mass is 892 g/mol. The highest BCUT2D eigenvalue weighted by molar-refractivity contribution is 6.10. The first-order valence-corrected chi connectivity index (χ1v) is 23.0. The molecule has 0 radical (unpaired) electrons. The van der Waals surface area contributed by atoms with Gasteiger partial charge in [0.05, 0.1) is 49.2 Å². The van der Waals surface area contributed by atoms with E-state index in [9.17, 15) is 14.4 Å². The molecule has 11 rings (SSSR count). The fourth-order valence-corrected chi connectivity index (χ4v) is 10.3. The quantitative estimate of drug-likeness (QED) is 0.109. The van der Waals surface area contributed by atoms with Crippen molar-refractivity contribution in [2.75, 3.05) is 40.7 Å². The van der Waals surface area contributed by atoms with E-state index in [1.807, 2.05) is 65.7 Å². The summed E-state index contributed by atoms with van der Waals surface area (Å²) in [6, 6.07) is 16.3. The minimum Gasteiger partial charge on any atom is -0.493 e. The van der Waals surface area contributed by atoms with E-state index in [4.69, 9.17) is 28.8 Å². The molecule has 2 aliphatic carbocycles. The number of rotatable bonds is 13. The third-order valence-corrected chi connectivity index (χ3v) is 14.0. The molecule has 3 N–H and O–H groups in total. The van der Waals surface area contributed by atoms with E-state index in [1.54, 1.807) is 25.4 Å². The molecule has 16 heteroatoms. The largest absolute Gasteiger partial charge is 0.493 e. The summed E-state index contributed by atoms with van der Waals surface area (Å²) in [6.45, 7) is 1.43. The van der Waals surface area contributed by atoms with Crippen LogP contribution in [-0.2, 0) is 16.0 Å². The van der Waals surface area contributed by atoms with Gasteiger partial charge in [-0.1, -0.05) is 31.0 Å². The Bertz CT molecular complexity index is 2880. The molecular weight excluding hydrogens is 841 g/mol. The molecule has 3 aromatic carbocycles. The number of benzene rings is 3. The molecule has 6 heterocycles. The average Bonchev–Trinajstić information content (AvgIpc) is 3.67. The molecule has 0 bridgehead atoms. The van der Waals surface area contributed by atoms with Crippen molar-refractivity contribution in [3.8, 4) is 40.0 Å². The molecule has 2 saturated carbocycles. The Hall–Kier alpha value is -7.10. The SMILES string of the molecule is COc1ccc(C2=NN(C3CCN(C(=O)[C@H](Cc4c[nH]c5ccccc45)NC(=O)c4c[nH]c5c(-c6c(OCC7CC7)ccc7c6OCO7)ncnc45)CC3)C(=O)[C@@H]3CCCC[C@H]23)cc1OC. The van der Waals surface area contributed by atoms with Crippen molar-refractivity contribution < 1.29 is 38.1 Å². The van der Waals surface area contributed by atoms with Gasteiger partial charge in [-0.25, -0.2) is 15.0 Å². The Kier molecular flexibility index (Phi) is 10.9. The summed E-state index contributed by atoms with van der Waals surface area (Å²) in [5.74, 6) is 2.73. The van der Waals surface area contributed by atoms with Crippen LogP contribution in [0.2, 0.25) is 0 Å². The van der Waals surface area contributed by atoms with Crippen molar-refractivity contribution in [2.45, 2.75) is 69.9 Å². The van der Waals surface area contributed by atoms with Crippen molar-refractivity contribution in [3.05, 3.63) is 90.0 Å². The third kappa shape index (κ3) is 7.61. The maximum Gasteiger partial charge on any atom is 0.255 e. The number of H-pyrrole nitrogens is 2. The van der Waals surface area contributed by atoms with E-state index in [1.165, 1.54) is 6.33 Å².